The second-order valence-corrected chi connectivity index (χ2v) is 4.57. The molecular weight excluding hydrogens is 214 g/mol. The van der Waals surface area contributed by atoms with Gasteiger partial charge in [0.1, 0.15) is 5.75 Å². The number of hydrogen-bond acceptors (Lipinski definition) is 3. The van der Waals surface area contributed by atoms with Gasteiger partial charge < -0.3 is 14.8 Å². The van der Waals surface area contributed by atoms with E-state index in [1.807, 2.05) is 13.0 Å². The Balaban J connectivity index is 1.91. The summed E-state index contributed by atoms with van der Waals surface area (Å²) in [6.07, 6.45) is 2.65. The van der Waals surface area contributed by atoms with Crippen molar-refractivity contribution in [3.05, 3.63) is 23.8 Å². The molecular formula is C14H21NO2. The van der Waals surface area contributed by atoms with Crippen molar-refractivity contribution in [1.29, 1.82) is 0 Å². The van der Waals surface area contributed by atoms with Gasteiger partial charge in [0, 0.05) is 24.4 Å². The van der Waals surface area contributed by atoms with E-state index in [4.69, 9.17) is 9.47 Å². The summed E-state index contributed by atoms with van der Waals surface area (Å²) in [7, 11) is 1.70. The summed E-state index contributed by atoms with van der Waals surface area (Å²) in [6, 6.07) is 6.67. The average Bonchev–Trinajstić information content (AvgIpc) is 2.29. The Morgan fingerprint density at radius 2 is 2.12 bits per heavy atom. The zero-order chi connectivity index (χ0) is 12.3. The van der Waals surface area contributed by atoms with Gasteiger partial charge in [-0.05, 0) is 38.3 Å². The topological polar surface area (TPSA) is 30.5 Å². The standard InChI is InChI=1S/C14H21NO2/c1-4-17-13-7-11(8-13)15-14-9-12(16-3)6-5-10(14)2/h5-6,9,11,13,15H,4,7-8H2,1-3H3. The van der Waals surface area contributed by atoms with Crippen molar-refractivity contribution in [3.63, 3.8) is 0 Å². The molecule has 0 unspecified atom stereocenters. The minimum absolute atomic E-state index is 0.448. The molecule has 0 aliphatic heterocycles. The SMILES string of the molecule is CCOC1CC(Nc2cc(OC)ccc2C)C1. The minimum atomic E-state index is 0.448. The van der Waals surface area contributed by atoms with Crippen LogP contribution in [0, 0.1) is 6.92 Å². The Morgan fingerprint density at radius 3 is 2.76 bits per heavy atom. The van der Waals surface area contributed by atoms with Crippen LogP contribution in [0.1, 0.15) is 25.3 Å². The Kier molecular flexibility index (Phi) is 3.89. The smallest absolute Gasteiger partial charge is 0.120 e. The first-order chi connectivity index (χ1) is 8.22. The molecule has 0 radical (unpaired) electrons. The molecule has 0 amide bonds. The molecule has 0 aromatic heterocycles. The van der Waals surface area contributed by atoms with Gasteiger partial charge in [-0.15, -0.1) is 0 Å². The van der Waals surface area contributed by atoms with Crippen molar-refractivity contribution in [2.24, 2.45) is 0 Å². The number of nitrogens with one attached hydrogen (secondary N) is 1. The molecule has 0 saturated heterocycles. The quantitative estimate of drug-likeness (QED) is 0.851. The van der Waals surface area contributed by atoms with E-state index in [9.17, 15) is 0 Å². The zero-order valence-electron chi connectivity index (χ0n) is 10.8. The van der Waals surface area contributed by atoms with Crippen molar-refractivity contribution in [3.8, 4) is 5.75 Å². The molecule has 0 heterocycles. The van der Waals surface area contributed by atoms with E-state index in [-0.39, 0.29) is 0 Å². The lowest BCUT2D eigenvalue weighted by atomic mass is 9.89. The molecule has 1 aromatic rings. The fraction of sp³-hybridized carbons (Fsp3) is 0.571. The lowest BCUT2D eigenvalue weighted by Gasteiger charge is -2.36. The fourth-order valence-electron chi connectivity index (χ4n) is 2.16. The molecule has 3 heteroatoms. The fourth-order valence-corrected chi connectivity index (χ4v) is 2.16. The van der Waals surface area contributed by atoms with Crippen molar-refractivity contribution in [2.75, 3.05) is 19.0 Å². The molecule has 0 bridgehead atoms. The number of methoxy groups -OCH3 is 1. The van der Waals surface area contributed by atoms with Gasteiger partial charge in [-0.3, -0.25) is 0 Å². The van der Waals surface area contributed by atoms with Crippen LogP contribution in [-0.4, -0.2) is 25.9 Å². The predicted molar refractivity (Wildman–Crippen MR) is 69.8 cm³/mol. The van der Waals surface area contributed by atoms with Gasteiger partial charge in [0.25, 0.3) is 0 Å². The number of rotatable bonds is 5. The normalized spacial score (nSPS) is 23.0. The van der Waals surface area contributed by atoms with Crippen LogP contribution >= 0.6 is 0 Å². The monoisotopic (exact) mass is 235 g/mol. The number of hydrogen-bond donors (Lipinski definition) is 1. The Hall–Kier alpha value is -1.22. The Labute approximate surface area is 103 Å². The van der Waals surface area contributed by atoms with Gasteiger partial charge in [-0.1, -0.05) is 6.07 Å². The highest BCUT2D eigenvalue weighted by atomic mass is 16.5. The summed E-state index contributed by atoms with van der Waals surface area (Å²) in [5, 5.41) is 3.55. The first-order valence-electron chi connectivity index (χ1n) is 6.25. The first-order valence-corrected chi connectivity index (χ1v) is 6.25. The average molecular weight is 235 g/mol. The number of benzene rings is 1. The predicted octanol–water partition coefficient (Wildman–Crippen LogP) is 2.98. The summed E-state index contributed by atoms with van der Waals surface area (Å²) in [5.74, 6) is 0.902. The maximum Gasteiger partial charge on any atom is 0.120 e. The van der Waals surface area contributed by atoms with Crippen LogP contribution < -0.4 is 10.1 Å². The highest BCUT2D eigenvalue weighted by Crippen LogP contribution is 2.29. The Morgan fingerprint density at radius 1 is 1.35 bits per heavy atom. The van der Waals surface area contributed by atoms with Gasteiger partial charge in [0.15, 0.2) is 0 Å². The third-order valence-electron chi connectivity index (χ3n) is 3.30. The summed E-state index contributed by atoms with van der Waals surface area (Å²) >= 11 is 0. The van der Waals surface area contributed by atoms with E-state index in [0.717, 1.165) is 25.2 Å². The minimum Gasteiger partial charge on any atom is -0.497 e. The molecule has 1 N–H and O–H groups in total. The molecule has 94 valence electrons. The molecule has 1 fully saturated rings. The molecule has 0 spiro atoms. The van der Waals surface area contributed by atoms with Crippen molar-refractivity contribution in [1.82, 2.24) is 0 Å². The van der Waals surface area contributed by atoms with Gasteiger partial charge in [0.2, 0.25) is 0 Å². The van der Waals surface area contributed by atoms with Gasteiger partial charge in [-0.2, -0.15) is 0 Å². The summed E-state index contributed by atoms with van der Waals surface area (Å²) in [6.45, 7) is 4.98. The van der Waals surface area contributed by atoms with E-state index in [0.29, 0.717) is 12.1 Å². The van der Waals surface area contributed by atoms with E-state index in [1.165, 1.54) is 11.3 Å². The number of anilines is 1. The van der Waals surface area contributed by atoms with Crippen molar-refractivity contribution in [2.45, 2.75) is 38.8 Å². The second-order valence-electron chi connectivity index (χ2n) is 4.57. The third kappa shape index (κ3) is 2.91. The van der Waals surface area contributed by atoms with E-state index < -0.39 is 0 Å². The number of ether oxygens (including phenoxy) is 2. The summed E-state index contributed by atoms with van der Waals surface area (Å²) < 4.78 is 10.8. The van der Waals surface area contributed by atoms with Crippen molar-refractivity contribution < 1.29 is 9.47 Å². The largest absolute Gasteiger partial charge is 0.497 e. The van der Waals surface area contributed by atoms with Gasteiger partial charge in [-0.25, -0.2) is 0 Å². The number of aryl methyl sites for hydroxylation is 1. The molecule has 3 nitrogen and oxygen atoms in total. The lowest BCUT2D eigenvalue weighted by Crippen LogP contribution is -2.40. The molecule has 1 aromatic carbocycles. The maximum absolute atomic E-state index is 5.56. The molecule has 1 aliphatic carbocycles. The van der Waals surface area contributed by atoms with Crippen molar-refractivity contribution >= 4 is 5.69 Å². The molecule has 1 aliphatic rings. The highest BCUT2D eigenvalue weighted by Gasteiger charge is 2.29. The van der Waals surface area contributed by atoms with Gasteiger partial charge in [0.05, 0.1) is 13.2 Å². The van der Waals surface area contributed by atoms with Crippen LogP contribution in [-0.2, 0) is 4.74 Å². The Bertz CT molecular complexity index is 372. The van der Waals surface area contributed by atoms with Crippen LogP contribution in [0.2, 0.25) is 0 Å². The molecule has 2 rings (SSSR count). The highest BCUT2D eigenvalue weighted by molar-refractivity contribution is 5.55. The van der Waals surface area contributed by atoms with Gasteiger partial charge >= 0.3 is 0 Å². The molecule has 1 saturated carbocycles. The molecule has 17 heavy (non-hydrogen) atoms. The lowest BCUT2D eigenvalue weighted by molar-refractivity contribution is 0.00298. The van der Waals surface area contributed by atoms with Crippen LogP contribution in [0.3, 0.4) is 0 Å². The maximum atomic E-state index is 5.56. The summed E-state index contributed by atoms with van der Waals surface area (Å²) in [5.41, 5.74) is 2.43. The van der Waals surface area contributed by atoms with Crippen LogP contribution in [0.5, 0.6) is 5.75 Å². The third-order valence-corrected chi connectivity index (χ3v) is 3.30. The zero-order valence-corrected chi connectivity index (χ0v) is 10.8. The van der Waals surface area contributed by atoms with E-state index >= 15 is 0 Å². The second kappa shape index (κ2) is 5.41. The first kappa shape index (κ1) is 12.2. The van der Waals surface area contributed by atoms with Crippen LogP contribution in [0.15, 0.2) is 18.2 Å². The van der Waals surface area contributed by atoms with E-state index in [2.05, 4.69) is 24.4 Å². The van der Waals surface area contributed by atoms with E-state index in [1.54, 1.807) is 7.11 Å². The van der Waals surface area contributed by atoms with Crippen LogP contribution in [0.25, 0.3) is 0 Å². The summed E-state index contributed by atoms with van der Waals surface area (Å²) in [4.78, 5) is 0. The molecule has 0 atom stereocenters. The van der Waals surface area contributed by atoms with Crippen LogP contribution in [0.4, 0.5) is 5.69 Å².